The topological polar surface area (TPSA) is 160 Å². The lowest BCUT2D eigenvalue weighted by molar-refractivity contribution is -0.387. The number of H-pyrrole nitrogens is 1. The predicted octanol–water partition coefficient (Wildman–Crippen LogP) is 2.82. The van der Waals surface area contributed by atoms with Gasteiger partial charge in [0.15, 0.2) is 10.0 Å². The van der Waals surface area contributed by atoms with E-state index in [1.165, 1.54) is 29.5 Å². The van der Waals surface area contributed by atoms with Gasteiger partial charge in [0.25, 0.3) is 23.1 Å². The maximum atomic E-state index is 12.5. The molecule has 0 aliphatic carbocycles. The third-order valence-corrected chi connectivity index (χ3v) is 6.54. The van der Waals surface area contributed by atoms with Gasteiger partial charge < -0.3 is 0 Å². The van der Waals surface area contributed by atoms with Gasteiger partial charge in [-0.2, -0.15) is 5.10 Å². The largest absolute Gasteiger partial charge is 0.290 e. The Morgan fingerprint density at radius 2 is 1.85 bits per heavy atom. The Labute approximate surface area is 193 Å². The molecule has 0 atom stereocenters. The minimum atomic E-state index is -0.767. The van der Waals surface area contributed by atoms with Crippen LogP contribution in [-0.2, 0) is 0 Å². The number of aromatic nitrogens is 3. The molecule has 0 fully saturated rings. The number of hydrogen-bond acceptors (Lipinski definition) is 9. The lowest BCUT2D eigenvalue weighted by Crippen LogP contribution is -2.42. The highest BCUT2D eigenvalue weighted by Gasteiger charge is 2.20. The van der Waals surface area contributed by atoms with E-state index in [0.717, 1.165) is 23.5 Å². The van der Waals surface area contributed by atoms with Crippen LogP contribution in [0.25, 0.3) is 10.8 Å². The Balaban J connectivity index is 1.51. The van der Waals surface area contributed by atoms with Crippen LogP contribution in [0.1, 0.15) is 26.5 Å². The van der Waals surface area contributed by atoms with Gasteiger partial charge in [-0.1, -0.05) is 30.0 Å². The van der Waals surface area contributed by atoms with Crippen molar-refractivity contribution in [1.29, 1.82) is 0 Å². The maximum Gasteiger partial charge on any atom is 0.290 e. The second-order valence-electron chi connectivity index (χ2n) is 6.65. The summed E-state index contributed by atoms with van der Waals surface area (Å²) in [7, 11) is 0. The first kappa shape index (κ1) is 22.1. The highest BCUT2D eigenvalue weighted by Crippen LogP contribution is 2.36. The van der Waals surface area contributed by atoms with Crippen molar-refractivity contribution in [3.63, 3.8) is 0 Å². The van der Waals surface area contributed by atoms with Crippen LogP contribution in [-0.4, -0.2) is 31.9 Å². The summed E-state index contributed by atoms with van der Waals surface area (Å²) in [6, 6.07) is 10.4. The Bertz CT molecular complexity index is 1460. The highest BCUT2D eigenvalue weighted by atomic mass is 32.2. The zero-order valence-corrected chi connectivity index (χ0v) is 18.5. The molecule has 0 unspecified atom stereocenters. The summed E-state index contributed by atoms with van der Waals surface area (Å²) < 4.78 is 0.640. The average Bonchev–Trinajstić information content (AvgIpc) is 3.22. The molecule has 0 bridgehead atoms. The van der Waals surface area contributed by atoms with Crippen LogP contribution in [0.15, 0.2) is 61.9 Å². The van der Waals surface area contributed by atoms with Gasteiger partial charge in [-0.05, 0) is 25.1 Å². The van der Waals surface area contributed by atoms with Crippen molar-refractivity contribution in [2.45, 2.75) is 16.2 Å². The van der Waals surface area contributed by atoms with Crippen LogP contribution in [0.4, 0.5) is 5.69 Å². The number of carbonyl (C=O) groups is 2. The monoisotopic (exact) mass is 482 g/mol. The lowest BCUT2D eigenvalue weighted by Gasteiger charge is -2.09. The summed E-state index contributed by atoms with van der Waals surface area (Å²) in [5.74, 6) is -1.53. The Hall–Kier alpha value is -4.10. The second-order valence-corrected chi connectivity index (χ2v) is 8.80. The quantitative estimate of drug-likeness (QED) is 0.289. The Morgan fingerprint density at radius 1 is 1.12 bits per heavy atom. The normalized spacial score (nSPS) is 10.7. The van der Waals surface area contributed by atoms with Gasteiger partial charge in [0.2, 0.25) is 0 Å². The first-order valence-corrected chi connectivity index (χ1v) is 11.0. The molecule has 0 radical (unpaired) electrons. The first-order valence-electron chi connectivity index (χ1n) is 9.30. The number of aromatic amines is 1. The number of benzene rings is 2. The van der Waals surface area contributed by atoms with E-state index in [-0.39, 0.29) is 22.3 Å². The molecule has 166 valence electrons. The third-order valence-electron chi connectivity index (χ3n) is 4.41. The number of nitro benzene ring substituents is 1. The van der Waals surface area contributed by atoms with Crippen LogP contribution < -0.4 is 16.4 Å². The fourth-order valence-corrected chi connectivity index (χ4v) is 4.77. The number of nitrogens with zero attached hydrogens (tertiary/aromatic N) is 3. The summed E-state index contributed by atoms with van der Waals surface area (Å²) >= 11 is 2.49. The van der Waals surface area contributed by atoms with E-state index in [0.29, 0.717) is 14.6 Å². The van der Waals surface area contributed by atoms with Crippen LogP contribution in [0.5, 0.6) is 0 Å². The molecule has 4 rings (SSSR count). The van der Waals surface area contributed by atoms with Crippen molar-refractivity contribution in [2.24, 2.45) is 0 Å². The number of thiazole rings is 1. The maximum absolute atomic E-state index is 12.5. The number of aryl methyl sites for hydroxylation is 1. The number of carbonyl (C=O) groups excluding carboxylic acids is 2. The number of hydrazine groups is 1. The molecule has 2 aromatic carbocycles. The average molecular weight is 483 g/mol. The molecule has 0 saturated heterocycles. The number of nitro groups is 1. The van der Waals surface area contributed by atoms with Gasteiger partial charge in [-0.3, -0.25) is 35.3 Å². The van der Waals surface area contributed by atoms with Gasteiger partial charge in [0, 0.05) is 28.1 Å². The van der Waals surface area contributed by atoms with Crippen LogP contribution in [0.2, 0.25) is 0 Å². The fourth-order valence-electron chi connectivity index (χ4n) is 2.89. The molecular formula is C20H14N6O5S2. The molecule has 2 aromatic heterocycles. The summed E-state index contributed by atoms with van der Waals surface area (Å²) in [5.41, 5.74) is 4.38. The van der Waals surface area contributed by atoms with E-state index in [1.807, 2.05) is 12.3 Å². The lowest BCUT2D eigenvalue weighted by atomic mass is 10.1. The zero-order chi connectivity index (χ0) is 23.5. The van der Waals surface area contributed by atoms with E-state index in [2.05, 4.69) is 26.0 Å². The molecule has 4 aromatic rings. The van der Waals surface area contributed by atoms with Gasteiger partial charge in [-0.15, -0.1) is 11.3 Å². The molecular weight excluding hydrogens is 468 g/mol. The molecule has 0 spiro atoms. The van der Waals surface area contributed by atoms with Crippen molar-refractivity contribution in [3.05, 3.63) is 85.3 Å². The molecule has 0 saturated carbocycles. The van der Waals surface area contributed by atoms with Crippen LogP contribution in [0.3, 0.4) is 0 Å². The van der Waals surface area contributed by atoms with E-state index in [1.54, 1.807) is 18.2 Å². The van der Waals surface area contributed by atoms with Crippen molar-refractivity contribution in [2.75, 3.05) is 0 Å². The van der Waals surface area contributed by atoms with E-state index in [9.17, 15) is 24.5 Å². The fraction of sp³-hybridized carbons (Fsp3) is 0.0500. The molecule has 0 aliphatic heterocycles. The van der Waals surface area contributed by atoms with E-state index in [4.69, 9.17) is 0 Å². The standard InChI is InChI=1S/C20H14N6O5S2/c1-10-9-32-20(21-10)33-15-7-6-11(8-14(15)26(30)31)17(27)23-25-19(29)16-12-4-2-3-5-13(12)18(28)24-22-16/h2-9H,1H3,(H,23,27)(H,24,28)(H,25,29). The van der Waals surface area contributed by atoms with Crippen LogP contribution in [0, 0.1) is 17.0 Å². The van der Waals surface area contributed by atoms with Crippen molar-refractivity contribution in [3.8, 4) is 0 Å². The molecule has 3 N–H and O–H groups in total. The number of amides is 2. The molecule has 13 heteroatoms. The number of fused-ring (bicyclic) bond motifs is 1. The number of rotatable bonds is 5. The second kappa shape index (κ2) is 9.18. The summed E-state index contributed by atoms with van der Waals surface area (Å²) in [6.07, 6.45) is 0. The first-order chi connectivity index (χ1) is 15.8. The molecule has 2 heterocycles. The van der Waals surface area contributed by atoms with Gasteiger partial charge in [0.1, 0.15) is 0 Å². The number of hydrogen-bond donors (Lipinski definition) is 3. The highest BCUT2D eigenvalue weighted by molar-refractivity contribution is 8.01. The molecule has 11 nitrogen and oxygen atoms in total. The van der Waals surface area contributed by atoms with Gasteiger partial charge >= 0.3 is 0 Å². The predicted molar refractivity (Wildman–Crippen MR) is 121 cm³/mol. The smallest absolute Gasteiger partial charge is 0.267 e. The summed E-state index contributed by atoms with van der Waals surface area (Å²) in [5, 5.41) is 19.9. The Morgan fingerprint density at radius 3 is 2.55 bits per heavy atom. The van der Waals surface area contributed by atoms with Gasteiger partial charge in [-0.25, -0.2) is 10.1 Å². The minimum Gasteiger partial charge on any atom is -0.267 e. The van der Waals surface area contributed by atoms with Gasteiger partial charge in [0.05, 0.1) is 15.2 Å². The van der Waals surface area contributed by atoms with Crippen molar-refractivity contribution in [1.82, 2.24) is 26.0 Å². The van der Waals surface area contributed by atoms with Crippen molar-refractivity contribution < 1.29 is 14.5 Å². The third kappa shape index (κ3) is 4.73. The van der Waals surface area contributed by atoms with Crippen molar-refractivity contribution >= 4 is 51.4 Å². The van der Waals surface area contributed by atoms with E-state index >= 15 is 0 Å². The zero-order valence-electron chi connectivity index (χ0n) is 16.8. The number of nitrogens with one attached hydrogen (secondary N) is 3. The SMILES string of the molecule is Cc1csc(Sc2ccc(C(=O)NNC(=O)c3n[nH]c(=O)c4ccccc34)cc2[N+](=O)[O-])n1. The van der Waals surface area contributed by atoms with E-state index < -0.39 is 22.3 Å². The molecule has 0 aliphatic rings. The summed E-state index contributed by atoms with van der Waals surface area (Å²) in [4.78, 5) is 52.4. The van der Waals surface area contributed by atoms with Crippen LogP contribution >= 0.6 is 23.1 Å². The molecule has 2 amide bonds. The minimum absolute atomic E-state index is 0.0269. The summed E-state index contributed by atoms with van der Waals surface area (Å²) in [6.45, 7) is 1.82. The Kier molecular flexibility index (Phi) is 6.15. The molecule has 33 heavy (non-hydrogen) atoms.